The van der Waals surface area contributed by atoms with Crippen LogP contribution in [0, 0.1) is 11.8 Å². The number of hydrogen-bond donors (Lipinski definition) is 1. The first kappa shape index (κ1) is 23.4. The summed E-state index contributed by atoms with van der Waals surface area (Å²) in [6.45, 7) is 8.43. The van der Waals surface area contributed by atoms with Gasteiger partial charge in [-0.25, -0.2) is 0 Å². The van der Waals surface area contributed by atoms with Gasteiger partial charge in [-0.05, 0) is 32.6 Å². The highest BCUT2D eigenvalue weighted by molar-refractivity contribution is 6.08. The molecule has 0 unspecified atom stereocenters. The van der Waals surface area contributed by atoms with E-state index in [0.717, 1.165) is 32.0 Å². The van der Waals surface area contributed by atoms with Gasteiger partial charge in [-0.15, -0.1) is 0 Å². The highest BCUT2D eigenvalue weighted by Crippen LogP contribution is 2.30. The van der Waals surface area contributed by atoms with E-state index in [1.807, 2.05) is 13.8 Å². The van der Waals surface area contributed by atoms with Crippen molar-refractivity contribution in [2.24, 2.45) is 11.8 Å². The fourth-order valence-electron chi connectivity index (χ4n) is 2.94. The Labute approximate surface area is 160 Å². The molecule has 1 fully saturated rings. The molecule has 0 aromatic carbocycles. The summed E-state index contributed by atoms with van der Waals surface area (Å²) in [5, 5.41) is 2.96. The maximum atomic E-state index is 12.1. The van der Waals surface area contributed by atoms with Crippen molar-refractivity contribution in [3.8, 4) is 0 Å². The monoisotopic (exact) mass is 369 g/mol. The van der Waals surface area contributed by atoms with E-state index in [4.69, 9.17) is 26.8 Å². The number of hydrogen-bond acceptors (Lipinski definition) is 5. The van der Waals surface area contributed by atoms with Crippen LogP contribution in [-0.4, -0.2) is 72.7 Å². The van der Waals surface area contributed by atoms with Crippen LogP contribution in [0.25, 0.3) is 0 Å². The lowest BCUT2D eigenvalue weighted by Gasteiger charge is -2.27. The van der Waals surface area contributed by atoms with Gasteiger partial charge in [-0.3, -0.25) is 4.79 Å². The Hall–Kier alpha value is -0.625. The second-order valence-electron chi connectivity index (χ2n) is 7.00. The fourth-order valence-corrected chi connectivity index (χ4v) is 2.94. The lowest BCUT2D eigenvalue weighted by Crippen LogP contribution is -2.35. The van der Waals surface area contributed by atoms with Gasteiger partial charge in [0.2, 0.25) is 5.91 Å². The van der Waals surface area contributed by atoms with Crippen molar-refractivity contribution in [3.63, 3.8) is 0 Å². The van der Waals surface area contributed by atoms with Crippen LogP contribution < -0.4 is 5.32 Å². The molecule has 1 rings (SSSR count). The summed E-state index contributed by atoms with van der Waals surface area (Å²) < 4.78 is 21.6. The van der Waals surface area contributed by atoms with Crippen molar-refractivity contribution in [3.05, 3.63) is 0 Å². The molecule has 0 heterocycles. The molecule has 2 radical (unpaired) electrons. The average molecular weight is 369 g/mol. The van der Waals surface area contributed by atoms with Gasteiger partial charge in [-0.1, -0.05) is 19.2 Å². The molecule has 0 aromatic heterocycles. The van der Waals surface area contributed by atoms with Crippen LogP contribution >= 0.6 is 0 Å². The first-order valence-corrected chi connectivity index (χ1v) is 9.96. The van der Waals surface area contributed by atoms with Gasteiger partial charge >= 0.3 is 0 Å². The molecule has 7 heteroatoms. The Kier molecular flexibility index (Phi) is 13.9. The molecular weight excluding hydrogens is 333 g/mol. The molecule has 0 aromatic rings. The molecule has 6 nitrogen and oxygen atoms in total. The van der Waals surface area contributed by atoms with Crippen LogP contribution in [0.4, 0.5) is 0 Å². The minimum absolute atomic E-state index is 0.145. The molecule has 0 atom stereocenters. The van der Waals surface area contributed by atoms with E-state index in [0.29, 0.717) is 58.7 Å². The summed E-state index contributed by atoms with van der Waals surface area (Å²) in [4.78, 5) is 12.1. The molecule has 0 bridgehead atoms. The van der Waals surface area contributed by atoms with Gasteiger partial charge in [0.05, 0.1) is 60.2 Å². The first-order chi connectivity index (χ1) is 12.6. The standard InChI is InChI=1S/C19H36BNO5/c1-16(2)26-14-13-25-12-11-24-10-9-23-8-7-21-19(22)18-5-3-17(15-20)4-6-18/h16-18H,3-15H2,1-2H3,(H,21,22). The summed E-state index contributed by atoms with van der Waals surface area (Å²) in [5.74, 6) is 0.896. The van der Waals surface area contributed by atoms with Crippen molar-refractivity contribution >= 4 is 13.8 Å². The maximum Gasteiger partial charge on any atom is 0.223 e. The van der Waals surface area contributed by atoms with E-state index >= 15 is 0 Å². The van der Waals surface area contributed by atoms with Gasteiger partial charge in [0.15, 0.2) is 0 Å². The number of carbonyl (C=O) groups is 1. The maximum absolute atomic E-state index is 12.1. The number of amides is 1. The smallest absolute Gasteiger partial charge is 0.223 e. The van der Waals surface area contributed by atoms with Crippen LogP contribution in [0.2, 0.25) is 6.32 Å². The second kappa shape index (κ2) is 15.4. The number of carbonyl (C=O) groups excluding carboxylic acids is 1. The fraction of sp³-hybridized carbons (Fsp3) is 0.947. The minimum Gasteiger partial charge on any atom is -0.377 e. The van der Waals surface area contributed by atoms with E-state index < -0.39 is 0 Å². The zero-order valence-electron chi connectivity index (χ0n) is 16.5. The Morgan fingerprint density at radius 1 is 0.923 bits per heavy atom. The molecule has 1 saturated carbocycles. The summed E-state index contributed by atoms with van der Waals surface area (Å²) in [6, 6.07) is 0. The molecule has 26 heavy (non-hydrogen) atoms. The van der Waals surface area contributed by atoms with E-state index in [9.17, 15) is 4.79 Å². The van der Waals surface area contributed by atoms with Crippen molar-refractivity contribution in [1.29, 1.82) is 0 Å². The van der Waals surface area contributed by atoms with Crippen LogP contribution in [-0.2, 0) is 23.7 Å². The quantitative estimate of drug-likeness (QED) is 0.353. The zero-order valence-corrected chi connectivity index (χ0v) is 16.5. The number of ether oxygens (including phenoxy) is 4. The summed E-state index contributed by atoms with van der Waals surface area (Å²) in [5.41, 5.74) is 0. The molecule has 1 amide bonds. The third-order valence-electron chi connectivity index (χ3n) is 4.52. The minimum atomic E-state index is 0.145. The molecule has 150 valence electrons. The predicted octanol–water partition coefficient (Wildman–Crippen LogP) is 1.97. The summed E-state index contributed by atoms with van der Waals surface area (Å²) in [6.07, 6.45) is 5.02. The van der Waals surface area contributed by atoms with Crippen LogP contribution in [0.3, 0.4) is 0 Å². The van der Waals surface area contributed by atoms with Crippen LogP contribution in [0.1, 0.15) is 39.5 Å². The molecule has 0 spiro atoms. The van der Waals surface area contributed by atoms with E-state index in [2.05, 4.69) is 5.32 Å². The Balaban J connectivity index is 1.81. The SMILES string of the molecule is [B]CC1CCC(C(=O)NCCOCCOCCOCCOC(C)C)CC1. The topological polar surface area (TPSA) is 66.0 Å². The Bertz CT molecular complexity index is 349. The third kappa shape index (κ3) is 11.9. The molecule has 0 aliphatic heterocycles. The van der Waals surface area contributed by atoms with E-state index in [-0.39, 0.29) is 17.9 Å². The molecule has 1 N–H and O–H groups in total. The number of rotatable bonds is 15. The average Bonchev–Trinajstić information content (AvgIpc) is 2.65. The van der Waals surface area contributed by atoms with Crippen molar-refractivity contribution in [2.45, 2.75) is 52.0 Å². The highest BCUT2D eigenvalue weighted by atomic mass is 16.6. The summed E-state index contributed by atoms with van der Waals surface area (Å²) >= 11 is 0. The van der Waals surface area contributed by atoms with Crippen molar-refractivity contribution in [2.75, 3.05) is 52.8 Å². The van der Waals surface area contributed by atoms with E-state index in [1.54, 1.807) is 0 Å². The predicted molar refractivity (Wildman–Crippen MR) is 103 cm³/mol. The zero-order chi connectivity index (χ0) is 19.0. The molecule has 1 aliphatic carbocycles. The third-order valence-corrected chi connectivity index (χ3v) is 4.52. The van der Waals surface area contributed by atoms with Crippen LogP contribution in [0.15, 0.2) is 0 Å². The van der Waals surface area contributed by atoms with Gasteiger partial charge in [-0.2, -0.15) is 0 Å². The molecule has 1 aliphatic rings. The van der Waals surface area contributed by atoms with Gasteiger partial charge in [0, 0.05) is 12.5 Å². The molecular formula is C19H36BNO5. The normalized spacial score (nSPS) is 20.4. The van der Waals surface area contributed by atoms with Gasteiger partial charge in [0.25, 0.3) is 0 Å². The largest absolute Gasteiger partial charge is 0.377 e. The molecule has 0 saturated heterocycles. The lowest BCUT2D eigenvalue weighted by molar-refractivity contribution is -0.126. The second-order valence-corrected chi connectivity index (χ2v) is 7.00. The van der Waals surface area contributed by atoms with Crippen molar-refractivity contribution in [1.82, 2.24) is 5.32 Å². The number of nitrogens with one attached hydrogen (secondary N) is 1. The Morgan fingerprint density at radius 3 is 2.00 bits per heavy atom. The van der Waals surface area contributed by atoms with Crippen molar-refractivity contribution < 1.29 is 23.7 Å². The first-order valence-electron chi connectivity index (χ1n) is 9.96. The van der Waals surface area contributed by atoms with Crippen LogP contribution in [0.5, 0.6) is 0 Å². The van der Waals surface area contributed by atoms with E-state index in [1.165, 1.54) is 0 Å². The van der Waals surface area contributed by atoms with Gasteiger partial charge < -0.3 is 24.3 Å². The summed E-state index contributed by atoms with van der Waals surface area (Å²) in [7, 11) is 5.68. The Morgan fingerprint density at radius 2 is 1.46 bits per heavy atom. The van der Waals surface area contributed by atoms with Gasteiger partial charge in [0.1, 0.15) is 0 Å². The highest BCUT2D eigenvalue weighted by Gasteiger charge is 2.24. The lowest BCUT2D eigenvalue weighted by atomic mass is 9.76.